The van der Waals surface area contributed by atoms with Crippen LogP contribution in [-0.4, -0.2) is 59.9 Å². The number of carbonyl (C=O) groups excluding carboxylic acids is 4. The van der Waals surface area contributed by atoms with Crippen LogP contribution in [0.15, 0.2) is 24.3 Å². The number of hydrogen-bond acceptors (Lipinski definition) is 5. The third kappa shape index (κ3) is 6.25. The second kappa shape index (κ2) is 8.72. The van der Waals surface area contributed by atoms with Crippen LogP contribution in [0.25, 0.3) is 0 Å². The molecule has 152 valence electrons. The molecule has 0 unspecified atom stereocenters. The molecule has 1 saturated heterocycles. The Morgan fingerprint density at radius 1 is 1.14 bits per heavy atom. The zero-order valence-corrected chi connectivity index (χ0v) is 14.9. The number of amides is 4. The smallest absolute Gasteiger partial charge is 0.406 e. The van der Waals surface area contributed by atoms with Gasteiger partial charge in [0.1, 0.15) is 5.75 Å². The van der Waals surface area contributed by atoms with Crippen LogP contribution in [0.2, 0.25) is 0 Å². The summed E-state index contributed by atoms with van der Waals surface area (Å²) in [7, 11) is 1.38. The molecule has 1 aliphatic rings. The first-order valence-corrected chi connectivity index (χ1v) is 8.28. The molecule has 1 aliphatic heterocycles. The van der Waals surface area contributed by atoms with Crippen LogP contribution < -0.4 is 10.1 Å². The Kier molecular flexibility index (Phi) is 6.60. The maximum Gasteiger partial charge on any atom is 0.573 e. The van der Waals surface area contributed by atoms with Gasteiger partial charge >= 0.3 is 6.36 Å². The predicted molar refractivity (Wildman–Crippen MR) is 90.0 cm³/mol. The SMILES string of the molecule is CN(CC(=O)Nc1ccc(OC(F)(F)F)cc1)C(=O)CCN1C(=O)CCC1=O. The average Bonchev–Trinajstić information content (AvgIpc) is 2.91. The van der Waals surface area contributed by atoms with E-state index in [-0.39, 0.29) is 49.9 Å². The van der Waals surface area contributed by atoms with E-state index in [1.807, 2.05) is 0 Å². The third-order valence-electron chi connectivity index (χ3n) is 3.88. The van der Waals surface area contributed by atoms with Crippen LogP contribution in [0.5, 0.6) is 5.75 Å². The highest BCUT2D eigenvalue weighted by Gasteiger charge is 2.31. The number of carbonyl (C=O) groups is 4. The number of alkyl halides is 3. The van der Waals surface area contributed by atoms with Gasteiger partial charge in [-0.2, -0.15) is 0 Å². The lowest BCUT2D eigenvalue weighted by Crippen LogP contribution is -2.38. The number of rotatable bonds is 7. The average molecular weight is 401 g/mol. The Morgan fingerprint density at radius 3 is 2.25 bits per heavy atom. The summed E-state index contributed by atoms with van der Waals surface area (Å²) in [5.74, 6) is -2.07. The predicted octanol–water partition coefficient (Wildman–Crippen LogP) is 1.52. The van der Waals surface area contributed by atoms with Crippen LogP contribution in [0, 0.1) is 0 Å². The number of halogens is 3. The summed E-state index contributed by atoms with van der Waals surface area (Å²) >= 11 is 0. The van der Waals surface area contributed by atoms with Gasteiger partial charge in [-0.25, -0.2) is 0 Å². The second-order valence-corrected chi connectivity index (χ2v) is 6.06. The van der Waals surface area contributed by atoms with Crippen LogP contribution in [0.3, 0.4) is 0 Å². The Hall–Kier alpha value is -3.11. The van der Waals surface area contributed by atoms with Gasteiger partial charge in [0.05, 0.1) is 6.54 Å². The molecule has 0 aliphatic carbocycles. The molecule has 1 aromatic carbocycles. The lowest BCUT2D eigenvalue weighted by molar-refractivity contribution is -0.274. The highest BCUT2D eigenvalue weighted by atomic mass is 19.4. The monoisotopic (exact) mass is 401 g/mol. The van der Waals surface area contributed by atoms with E-state index in [4.69, 9.17) is 0 Å². The topological polar surface area (TPSA) is 96.0 Å². The molecule has 28 heavy (non-hydrogen) atoms. The number of nitrogens with one attached hydrogen (secondary N) is 1. The van der Waals surface area contributed by atoms with Crippen molar-refractivity contribution in [1.82, 2.24) is 9.80 Å². The van der Waals surface area contributed by atoms with Crippen molar-refractivity contribution in [2.24, 2.45) is 0 Å². The fraction of sp³-hybridized carbons (Fsp3) is 0.412. The molecule has 1 N–H and O–H groups in total. The van der Waals surface area contributed by atoms with Crippen molar-refractivity contribution in [2.45, 2.75) is 25.6 Å². The van der Waals surface area contributed by atoms with Gasteiger partial charge < -0.3 is 15.0 Å². The van der Waals surface area contributed by atoms with E-state index < -0.39 is 23.9 Å². The summed E-state index contributed by atoms with van der Waals surface area (Å²) in [6.07, 6.45) is -4.64. The van der Waals surface area contributed by atoms with E-state index in [1.54, 1.807) is 0 Å². The van der Waals surface area contributed by atoms with Gasteiger partial charge in [-0.15, -0.1) is 13.2 Å². The Labute approximate surface area is 158 Å². The minimum absolute atomic E-state index is 0.0386. The minimum Gasteiger partial charge on any atom is -0.406 e. The van der Waals surface area contributed by atoms with Crippen LogP contribution in [0.1, 0.15) is 19.3 Å². The summed E-state index contributed by atoms with van der Waals surface area (Å²) in [6.45, 7) is -0.343. The standard InChI is InChI=1S/C17H18F3N3O5/c1-22(14(25)8-9-23-15(26)6-7-16(23)27)10-13(24)21-11-2-4-12(5-3-11)28-17(18,19)20/h2-5H,6-10H2,1H3,(H,21,24). The summed E-state index contributed by atoms with van der Waals surface area (Å²) in [6, 6.07) is 4.54. The zero-order chi connectivity index (χ0) is 20.9. The number of benzene rings is 1. The number of nitrogens with zero attached hydrogens (tertiary/aromatic N) is 2. The van der Waals surface area contributed by atoms with E-state index in [0.29, 0.717) is 0 Å². The molecule has 1 heterocycles. The normalized spacial score (nSPS) is 14.2. The van der Waals surface area contributed by atoms with Crippen molar-refractivity contribution in [2.75, 3.05) is 25.5 Å². The molecule has 8 nitrogen and oxygen atoms in total. The molecule has 1 aromatic rings. The zero-order valence-electron chi connectivity index (χ0n) is 14.9. The van der Waals surface area contributed by atoms with Crippen molar-refractivity contribution in [3.8, 4) is 5.75 Å². The Balaban J connectivity index is 1.79. The van der Waals surface area contributed by atoms with Gasteiger partial charge in [0, 0.05) is 38.5 Å². The van der Waals surface area contributed by atoms with Gasteiger partial charge in [0.25, 0.3) is 0 Å². The Bertz CT molecular complexity index is 748. The highest BCUT2D eigenvalue weighted by molar-refractivity contribution is 6.02. The van der Waals surface area contributed by atoms with Crippen molar-refractivity contribution >= 4 is 29.3 Å². The quantitative estimate of drug-likeness (QED) is 0.699. The first kappa shape index (κ1) is 21.2. The molecule has 0 aromatic heterocycles. The van der Waals surface area contributed by atoms with Gasteiger partial charge in [-0.1, -0.05) is 0 Å². The number of likely N-dealkylation sites (N-methyl/N-ethyl adjacent to an activating group) is 1. The number of anilines is 1. The van der Waals surface area contributed by atoms with Crippen molar-refractivity contribution in [3.05, 3.63) is 24.3 Å². The first-order chi connectivity index (χ1) is 13.0. The second-order valence-electron chi connectivity index (χ2n) is 6.06. The largest absolute Gasteiger partial charge is 0.573 e. The maximum atomic E-state index is 12.1. The number of ether oxygens (including phenoxy) is 1. The molecule has 2 rings (SSSR count). The van der Waals surface area contributed by atoms with Crippen LogP contribution in [0.4, 0.5) is 18.9 Å². The van der Waals surface area contributed by atoms with Gasteiger partial charge in [-0.3, -0.25) is 24.1 Å². The third-order valence-corrected chi connectivity index (χ3v) is 3.88. The molecule has 1 fully saturated rings. The lowest BCUT2D eigenvalue weighted by atomic mass is 10.3. The molecule has 4 amide bonds. The van der Waals surface area contributed by atoms with Crippen LogP contribution >= 0.6 is 0 Å². The lowest BCUT2D eigenvalue weighted by Gasteiger charge is -2.19. The molecule has 0 spiro atoms. The molecular weight excluding hydrogens is 383 g/mol. The van der Waals surface area contributed by atoms with Crippen LogP contribution in [-0.2, 0) is 19.2 Å². The van der Waals surface area contributed by atoms with E-state index in [1.165, 1.54) is 19.2 Å². The number of imide groups is 1. The summed E-state index contributed by atoms with van der Waals surface area (Å²) in [5, 5.41) is 2.44. The van der Waals surface area contributed by atoms with Gasteiger partial charge in [-0.05, 0) is 24.3 Å². The van der Waals surface area contributed by atoms with Crippen molar-refractivity contribution in [1.29, 1.82) is 0 Å². The first-order valence-electron chi connectivity index (χ1n) is 8.28. The van der Waals surface area contributed by atoms with Gasteiger partial charge in [0.2, 0.25) is 23.6 Å². The molecule has 0 radical (unpaired) electrons. The minimum atomic E-state index is -4.81. The summed E-state index contributed by atoms with van der Waals surface area (Å²) in [4.78, 5) is 49.2. The van der Waals surface area contributed by atoms with E-state index in [0.717, 1.165) is 21.9 Å². The molecule has 0 saturated carbocycles. The Morgan fingerprint density at radius 2 is 1.71 bits per heavy atom. The van der Waals surface area contributed by atoms with E-state index >= 15 is 0 Å². The van der Waals surface area contributed by atoms with E-state index in [2.05, 4.69) is 10.1 Å². The van der Waals surface area contributed by atoms with Crippen molar-refractivity contribution < 1.29 is 37.1 Å². The fourth-order valence-electron chi connectivity index (χ4n) is 2.51. The molecule has 11 heteroatoms. The maximum absolute atomic E-state index is 12.1. The fourth-order valence-corrected chi connectivity index (χ4v) is 2.51. The van der Waals surface area contributed by atoms with Crippen molar-refractivity contribution in [3.63, 3.8) is 0 Å². The highest BCUT2D eigenvalue weighted by Crippen LogP contribution is 2.23. The number of likely N-dealkylation sites (tertiary alicyclic amines) is 1. The summed E-state index contributed by atoms with van der Waals surface area (Å²) < 4.78 is 40.0. The number of hydrogen-bond donors (Lipinski definition) is 1. The molecule has 0 bridgehead atoms. The molecular formula is C17H18F3N3O5. The molecule has 0 atom stereocenters. The summed E-state index contributed by atoms with van der Waals surface area (Å²) in [5.41, 5.74) is 0.230. The van der Waals surface area contributed by atoms with E-state index in [9.17, 15) is 32.3 Å². The van der Waals surface area contributed by atoms with Gasteiger partial charge in [0.15, 0.2) is 0 Å².